The zero-order chi connectivity index (χ0) is 13.1. The molecular formula is C12H21N3O3. The van der Waals surface area contributed by atoms with Gasteiger partial charge in [0.1, 0.15) is 0 Å². The molecule has 102 valence electrons. The summed E-state index contributed by atoms with van der Waals surface area (Å²) in [6.07, 6.45) is 2.45. The third-order valence-electron chi connectivity index (χ3n) is 3.88. The van der Waals surface area contributed by atoms with Crippen molar-refractivity contribution in [3.05, 3.63) is 0 Å². The van der Waals surface area contributed by atoms with E-state index in [0.717, 1.165) is 25.9 Å². The van der Waals surface area contributed by atoms with Crippen LogP contribution in [-0.2, 0) is 9.59 Å². The molecule has 2 rings (SSSR count). The molecule has 0 spiro atoms. The average molecular weight is 255 g/mol. The number of likely N-dealkylation sites (tertiary alicyclic amines) is 2. The van der Waals surface area contributed by atoms with Crippen molar-refractivity contribution >= 4 is 11.9 Å². The molecule has 0 bridgehead atoms. The summed E-state index contributed by atoms with van der Waals surface area (Å²) < 4.78 is 0. The molecule has 2 fully saturated rings. The van der Waals surface area contributed by atoms with Crippen molar-refractivity contribution in [3.63, 3.8) is 0 Å². The number of nitrogens with two attached hydrogens (primary N) is 1. The predicted octanol–water partition coefficient (Wildman–Crippen LogP) is -0.657. The largest absolute Gasteiger partial charge is 0.481 e. The van der Waals surface area contributed by atoms with Crippen molar-refractivity contribution in [3.8, 4) is 0 Å². The van der Waals surface area contributed by atoms with E-state index in [0.29, 0.717) is 26.1 Å². The number of rotatable bonds is 3. The number of nitrogens with zero attached hydrogens (tertiary/aromatic N) is 2. The van der Waals surface area contributed by atoms with Gasteiger partial charge in [0.05, 0.1) is 12.5 Å². The van der Waals surface area contributed by atoms with E-state index in [1.54, 1.807) is 4.90 Å². The second-order valence-electron chi connectivity index (χ2n) is 5.28. The van der Waals surface area contributed by atoms with E-state index in [1.807, 2.05) is 0 Å². The number of amides is 1. The molecule has 0 aliphatic carbocycles. The highest BCUT2D eigenvalue weighted by Gasteiger charge is 2.31. The van der Waals surface area contributed by atoms with Crippen molar-refractivity contribution in [2.24, 2.45) is 11.7 Å². The van der Waals surface area contributed by atoms with Crippen molar-refractivity contribution in [1.29, 1.82) is 0 Å². The summed E-state index contributed by atoms with van der Waals surface area (Å²) in [5.41, 5.74) is 5.81. The predicted molar refractivity (Wildman–Crippen MR) is 66.0 cm³/mol. The Balaban J connectivity index is 1.77. The maximum atomic E-state index is 12.0. The van der Waals surface area contributed by atoms with Gasteiger partial charge >= 0.3 is 5.97 Å². The monoisotopic (exact) mass is 255 g/mol. The lowest BCUT2D eigenvalue weighted by molar-refractivity contribution is -0.141. The van der Waals surface area contributed by atoms with E-state index in [9.17, 15) is 9.59 Å². The number of carboxylic acid groups (broad SMARTS) is 1. The molecule has 1 amide bonds. The van der Waals surface area contributed by atoms with E-state index in [2.05, 4.69) is 4.90 Å². The van der Waals surface area contributed by atoms with Crippen LogP contribution in [0.1, 0.15) is 19.3 Å². The average Bonchev–Trinajstić information content (AvgIpc) is 2.81. The first kappa shape index (κ1) is 13.3. The Hall–Kier alpha value is -1.14. The molecule has 1 unspecified atom stereocenters. The van der Waals surface area contributed by atoms with Crippen LogP contribution in [0.3, 0.4) is 0 Å². The van der Waals surface area contributed by atoms with Gasteiger partial charge in [0.15, 0.2) is 0 Å². The normalized spacial score (nSPS) is 26.5. The van der Waals surface area contributed by atoms with Crippen LogP contribution in [0.15, 0.2) is 0 Å². The fraction of sp³-hybridized carbons (Fsp3) is 0.833. The Morgan fingerprint density at radius 1 is 1.17 bits per heavy atom. The first-order chi connectivity index (χ1) is 8.56. The number of carbonyl (C=O) groups is 2. The van der Waals surface area contributed by atoms with Gasteiger partial charge in [-0.05, 0) is 19.3 Å². The van der Waals surface area contributed by atoms with Crippen LogP contribution in [0, 0.1) is 5.92 Å². The lowest BCUT2D eigenvalue weighted by atomic mass is 10.1. The Morgan fingerprint density at radius 3 is 2.39 bits per heavy atom. The third kappa shape index (κ3) is 3.20. The van der Waals surface area contributed by atoms with Crippen LogP contribution < -0.4 is 5.73 Å². The maximum absolute atomic E-state index is 12.0. The molecular weight excluding hydrogens is 234 g/mol. The Bertz CT molecular complexity index is 327. The van der Waals surface area contributed by atoms with Crippen molar-refractivity contribution in [2.45, 2.75) is 25.3 Å². The van der Waals surface area contributed by atoms with Crippen LogP contribution in [0.5, 0.6) is 0 Å². The van der Waals surface area contributed by atoms with Crippen molar-refractivity contribution < 1.29 is 14.7 Å². The van der Waals surface area contributed by atoms with Crippen LogP contribution >= 0.6 is 0 Å². The smallest absolute Gasteiger partial charge is 0.308 e. The van der Waals surface area contributed by atoms with Crippen LogP contribution in [-0.4, -0.2) is 65.5 Å². The lowest BCUT2D eigenvalue weighted by Crippen LogP contribution is -2.45. The summed E-state index contributed by atoms with van der Waals surface area (Å²) >= 11 is 0. The molecule has 1 atom stereocenters. The minimum Gasteiger partial charge on any atom is -0.481 e. The highest BCUT2D eigenvalue weighted by molar-refractivity contribution is 5.80. The quantitative estimate of drug-likeness (QED) is 0.699. The summed E-state index contributed by atoms with van der Waals surface area (Å²) in [6.45, 7) is 3.07. The summed E-state index contributed by atoms with van der Waals surface area (Å²) in [6, 6.07) is 0.263. The van der Waals surface area contributed by atoms with Crippen LogP contribution in [0.2, 0.25) is 0 Å². The number of piperidine rings is 1. The zero-order valence-corrected chi connectivity index (χ0v) is 10.5. The van der Waals surface area contributed by atoms with Crippen LogP contribution in [0.4, 0.5) is 0 Å². The lowest BCUT2D eigenvalue weighted by Gasteiger charge is -2.30. The fourth-order valence-corrected chi connectivity index (χ4v) is 2.59. The van der Waals surface area contributed by atoms with E-state index in [1.165, 1.54) is 0 Å². The van der Waals surface area contributed by atoms with E-state index in [-0.39, 0.29) is 17.9 Å². The Morgan fingerprint density at radius 2 is 1.83 bits per heavy atom. The minimum atomic E-state index is -0.797. The van der Waals surface area contributed by atoms with Gasteiger partial charge in [0, 0.05) is 32.2 Å². The molecule has 18 heavy (non-hydrogen) atoms. The van der Waals surface area contributed by atoms with Gasteiger partial charge in [-0.3, -0.25) is 14.5 Å². The summed E-state index contributed by atoms with van der Waals surface area (Å²) in [5, 5.41) is 8.90. The first-order valence-corrected chi connectivity index (χ1v) is 6.55. The van der Waals surface area contributed by atoms with Gasteiger partial charge in [0.2, 0.25) is 5.91 Å². The molecule has 0 aromatic rings. The summed E-state index contributed by atoms with van der Waals surface area (Å²) in [4.78, 5) is 26.6. The Kier molecular flexibility index (Phi) is 4.19. The van der Waals surface area contributed by atoms with E-state index >= 15 is 0 Å². The number of hydrogen-bond acceptors (Lipinski definition) is 4. The molecule has 0 radical (unpaired) electrons. The van der Waals surface area contributed by atoms with Gasteiger partial charge in [-0.15, -0.1) is 0 Å². The number of hydrogen-bond donors (Lipinski definition) is 2. The highest BCUT2D eigenvalue weighted by Crippen LogP contribution is 2.17. The molecule has 3 N–H and O–H groups in total. The number of carboxylic acids is 1. The van der Waals surface area contributed by atoms with Crippen LogP contribution in [0.25, 0.3) is 0 Å². The second-order valence-corrected chi connectivity index (χ2v) is 5.28. The molecule has 2 saturated heterocycles. The molecule has 2 aliphatic rings. The molecule has 2 heterocycles. The van der Waals surface area contributed by atoms with Gasteiger partial charge in [-0.1, -0.05) is 0 Å². The minimum absolute atomic E-state index is 0.0502. The molecule has 0 saturated carbocycles. The third-order valence-corrected chi connectivity index (χ3v) is 3.88. The number of aliphatic carboxylic acids is 1. The summed E-state index contributed by atoms with van der Waals surface area (Å²) in [5.74, 6) is -1.13. The van der Waals surface area contributed by atoms with Gasteiger partial charge in [0.25, 0.3) is 0 Å². The highest BCUT2D eigenvalue weighted by atomic mass is 16.4. The van der Waals surface area contributed by atoms with Gasteiger partial charge < -0.3 is 15.7 Å². The Labute approximate surface area is 107 Å². The fourth-order valence-electron chi connectivity index (χ4n) is 2.59. The molecule has 0 aromatic heterocycles. The molecule has 6 nitrogen and oxygen atoms in total. The first-order valence-electron chi connectivity index (χ1n) is 6.55. The van der Waals surface area contributed by atoms with E-state index < -0.39 is 5.97 Å². The van der Waals surface area contributed by atoms with Crippen molar-refractivity contribution in [1.82, 2.24) is 9.80 Å². The SMILES string of the molecule is NC1CCN(CC(=O)N2CCC(C(=O)O)C2)CC1. The zero-order valence-electron chi connectivity index (χ0n) is 10.5. The number of carbonyl (C=O) groups excluding carboxylic acids is 1. The van der Waals surface area contributed by atoms with Crippen molar-refractivity contribution in [2.75, 3.05) is 32.7 Å². The van der Waals surface area contributed by atoms with Gasteiger partial charge in [-0.25, -0.2) is 0 Å². The van der Waals surface area contributed by atoms with E-state index in [4.69, 9.17) is 10.8 Å². The standard InChI is InChI=1S/C12H21N3O3/c13-10-2-4-14(5-3-10)8-11(16)15-6-1-9(7-15)12(17)18/h9-10H,1-8,13H2,(H,17,18). The molecule has 2 aliphatic heterocycles. The topological polar surface area (TPSA) is 86.9 Å². The molecule has 0 aromatic carbocycles. The maximum Gasteiger partial charge on any atom is 0.308 e. The second kappa shape index (κ2) is 5.67. The molecule has 6 heteroatoms. The summed E-state index contributed by atoms with van der Waals surface area (Å²) in [7, 11) is 0. The van der Waals surface area contributed by atoms with Gasteiger partial charge in [-0.2, -0.15) is 0 Å².